The highest BCUT2D eigenvalue weighted by atomic mass is 16.5. The Morgan fingerprint density at radius 2 is 1.86 bits per heavy atom. The molecule has 0 aliphatic carbocycles. The average Bonchev–Trinajstić information content (AvgIpc) is 3.22. The van der Waals surface area contributed by atoms with Gasteiger partial charge in [-0.2, -0.15) is 10.4 Å². The minimum Gasteiger partial charge on any atom is -0.497 e. The summed E-state index contributed by atoms with van der Waals surface area (Å²) in [5.74, 6) is -0.296. The molecule has 3 rings (SSSR count). The molecule has 28 heavy (non-hydrogen) atoms. The second-order valence-corrected chi connectivity index (χ2v) is 5.84. The third kappa shape index (κ3) is 4.34. The topological polar surface area (TPSA) is 120 Å². The van der Waals surface area contributed by atoms with E-state index in [4.69, 9.17) is 10.00 Å². The van der Waals surface area contributed by atoms with Gasteiger partial charge in [0.25, 0.3) is 11.8 Å². The number of ether oxygens (including phenoxy) is 1. The summed E-state index contributed by atoms with van der Waals surface area (Å²) in [5, 5.41) is 15.5. The van der Waals surface area contributed by atoms with Crippen LogP contribution in [-0.4, -0.2) is 29.1 Å². The SMILES string of the molecule is COc1ccc(-c2cc(C(=O)NNC(=O)c3cccc(CC#N)c3)[nH]n2)cc1. The van der Waals surface area contributed by atoms with Gasteiger partial charge < -0.3 is 4.74 Å². The van der Waals surface area contributed by atoms with E-state index in [1.807, 2.05) is 18.2 Å². The van der Waals surface area contributed by atoms with Crippen LogP contribution < -0.4 is 15.6 Å². The third-order valence-corrected chi connectivity index (χ3v) is 3.97. The summed E-state index contributed by atoms with van der Waals surface area (Å²) in [5.41, 5.74) is 7.35. The molecule has 0 saturated heterocycles. The van der Waals surface area contributed by atoms with Gasteiger partial charge in [-0.25, -0.2) is 0 Å². The van der Waals surface area contributed by atoms with Crippen molar-refractivity contribution in [3.8, 4) is 23.1 Å². The minimum absolute atomic E-state index is 0.198. The van der Waals surface area contributed by atoms with E-state index in [0.29, 0.717) is 11.3 Å². The maximum Gasteiger partial charge on any atom is 0.287 e. The molecule has 8 nitrogen and oxygen atoms in total. The van der Waals surface area contributed by atoms with Crippen LogP contribution in [0.4, 0.5) is 0 Å². The number of benzene rings is 2. The van der Waals surface area contributed by atoms with Gasteiger partial charge >= 0.3 is 0 Å². The van der Waals surface area contributed by atoms with Gasteiger partial charge in [0.05, 0.1) is 25.3 Å². The summed E-state index contributed by atoms with van der Waals surface area (Å²) < 4.78 is 5.11. The number of aromatic amines is 1. The fourth-order valence-corrected chi connectivity index (χ4v) is 2.51. The lowest BCUT2D eigenvalue weighted by Gasteiger charge is -2.07. The smallest absolute Gasteiger partial charge is 0.287 e. The van der Waals surface area contributed by atoms with Gasteiger partial charge in [-0.1, -0.05) is 12.1 Å². The van der Waals surface area contributed by atoms with Crippen molar-refractivity contribution in [1.82, 2.24) is 21.0 Å². The Labute approximate surface area is 161 Å². The van der Waals surface area contributed by atoms with Crippen molar-refractivity contribution in [2.24, 2.45) is 0 Å². The Bertz CT molecular complexity index is 1030. The summed E-state index contributed by atoms with van der Waals surface area (Å²) in [7, 11) is 1.58. The number of hydrazine groups is 1. The number of nitrogens with one attached hydrogen (secondary N) is 3. The largest absolute Gasteiger partial charge is 0.497 e. The zero-order valence-electron chi connectivity index (χ0n) is 15.0. The van der Waals surface area contributed by atoms with Gasteiger partial charge in [0.1, 0.15) is 11.4 Å². The van der Waals surface area contributed by atoms with E-state index >= 15 is 0 Å². The number of H-pyrrole nitrogens is 1. The van der Waals surface area contributed by atoms with Gasteiger partial charge in [0, 0.05) is 11.1 Å². The van der Waals surface area contributed by atoms with Crippen molar-refractivity contribution >= 4 is 11.8 Å². The van der Waals surface area contributed by atoms with E-state index in [1.165, 1.54) is 0 Å². The second-order valence-electron chi connectivity index (χ2n) is 5.84. The first-order valence-electron chi connectivity index (χ1n) is 8.37. The molecular weight excluding hydrogens is 358 g/mol. The molecule has 140 valence electrons. The molecule has 8 heteroatoms. The quantitative estimate of drug-likeness (QED) is 0.591. The number of aromatic nitrogens is 2. The number of carbonyl (C=O) groups excluding carboxylic acids is 2. The molecule has 3 N–H and O–H groups in total. The molecule has 3 aromatic rings. The summed E-state index contributed by atoms with van der Waals surface area (Å²) >= 11 is 0. The van der Waals surface area contributed by atoms with Crippen molar-refractivity contribution in [2.45, 2.75) is 6.42 Å². The number of methoxy groups -OCH3 is 1. The van der Waals surface area contributed by atoms with Crippen LogP contribution in [-0.2, 0) is 6.42 Å². The Morgan fingerprint density at radius 1 is 1.11 bits per heavy atom. The van der Waals surface area contributed by atoms with Gasteiger partial charge in [0.2, 0.25) is 0 Å². The normalized spacial score (nSPS) is 10.0. The van der Waals surface area contributed by atoms with Gasteiger partial charge in [-0.15, -0.1) is 0 Å². The van der Waals surface area contributed by atoms with Crippen molar-refractivity contribution in [2.75, 3.05) is 7.11 Å². The molecule has 0 bridgehead atoms. The molecule has 1 aromatic heterocycles. The van der Waals surface area contributed by atoms with E-state index in [-0.39, 0.29) is 12.1 Å². The Balaban J connectivity index is 1.62. The first-order chi connectivity index (χ1) is 13.6. The van der Waals surface area contributed by atoms with Crippen LogP contribution >= 0.6 is 0 Å². The molecule has 2 aromatic carbocycles. The zero-order chi connectivity index (χ0) is 19.9. The molecule has 0 aliphatic heterocycles. The molecule has 0 fully saturated rings. The number of nitriles is 1. The number of hydrogen-bond donors (Lipinski definition) is 3. The monoisotopic (exact) mass is 375 g/mol. The van der Waals surface area contributed by atoms with Crippen molar-refractivity contribution in [3.05, 3.63) is 71.4 Å². The molecule has 2 amide bonds. The lowest BCUT2D eigenvalue weighted by molar-refractivity contribution is 0.0844. The number of nitrogens with zero attached hydrogens (tertiary/aromatic N) is 2. The van der Waals surface area contributed by atoms with Gasteiger partial charge in [-0.05, 0) is 48.0 Å². The van der Waals surface area contributed by atoms with E-state index in [2.05, 4.69) is 21.0 Å². The highest BCUT2D eigenvalue weighted by Crippen LogP contribution is 2.21. The summed E-state index contributed by atoms with van der Waals surface area (Å²) in [6, 6.07) is 17.5. The Kier molecular flexibility index (Phi) is 5.67. The second kappa shape index (κ2) is 8.51. The van der Waals surface area contributed by atoms with Crippen LogP contribution in [0.2, 0.25) is 0 Å². The summed E-state index contributed by atoms with van der Waals surface area (Å²) in [6.45, 7) is 0. The lowest BCUT2D eigenvalue weighted by atomic mass is 10.1. The average molecular weight is 375 g/mol. The summed E-state index contributed by atoms with van der Waals surface area (Å²) in [4.78, 5) is 24.4. The molecule has 0 spiro atoms. The van der Waals surface area contributed by atoms with Crippen LogP contribution in [0, 0.1) is 11.3 Å². The number of rotatable bonds is 5. The van der Waals surface area contributed by atoms with Crippen LogP contribution in [0.5, 0.6) is 5.75 Å². The predicted octanol–water partition coefficient (Wildman–Crippen LogP) is 2.23. The third-order valence-electron chi connectivity index (χ3n) is 3.97. The molecule has 1 heterocycles. The van der Waals surface area contributed by atoms with Crippen LogP contribution in [0.15, 0.2) is 54.6 Å². The molecule has 0 unspecified atom stereocenters. The fraction of sp³-hybridized carbons (Fsp3) is 0.100. The van der Waals surface area contributed by atoms with E-state index in [9.17, 15) is 9.59 Å². The van der Waals surface area contributed by atoms with Crippen molar-refractivity contribution in [3.63, 3.8) is 0 Å². The maximum atomic E-state index is 12.2. The van der Waals surface area contributed by atoms with E-state index in [0.717, 1.165) is 16.9 Å². The van der Waals surface area contributed by atoms with Crippen molar-refractivity contribution < 1.29 is 14.3 Å². The molecular formula is C20H17N5O3. The van der Waals surface area contributed by atoms with E-state index < -0.39 is 11.8 Å². The first kappa shape index (κ1) is 18.7. The van der Waals surface area contributed by atoms with E-state index in [1.54, 1.807) is 49.6 Å². The highest BCUT2D eigenvalue weighted by molar-refractivity contribution is 5.98. The fourth-order valence-electron chi connectivity index (χ4n) is 2.51. The molecule has 0 atom stereocenters. The molecule has 0 radical (unpaired) electrons. The standard InChI is InChI=1S/C20H17N5O3/c1-28-16-7-5-14(6-8-16)17-12-18(23-22-17)20(27)25-24-19(26)15-4-2-3-13(11-15)9-10-21/h2-8,11-12H,9H2,1H3,(H,22,23)(H,24,26)(H,25,27). The van der Waals surface area contributed by atoms with Gasteiger partial charge in [-0.3, -0.25) is 25.5 Å². The summed E-state index contributed by atoms with van der Waals surface area (Å²) in [6.07, 6.45) is 0.204. The number of amides is 2. The Morgan fingerprint density at radius 3 is 2.57 bits per heavy atom. The lowest BCUT2D eigenvalue weighted by Crippen LogP contribution is -2.41. The predicted molar refractivity (Wildman–Crippen MR) is 101 cm³/mol. The molecule has 0 aliphatic rings. The maximum absolute atomic E-state index is 12.2. The van der Waals surface area contributed by atoms with Gasteiger partial charge in [0.15, 0.2) is 0 Å². The van der Waals surface area contributed by atoms with Crippen LogP contribution in [0.1, 0.15) is 26.4 Å². The van der Waals surface area contributed by atoms with Crippen LogP contribution in [0.3, 0.4) is 0 Å². The zero-order valence-corrected chi connectivity index (χ0v) is 15.0. The highest BCUT2D eigenvalue weighted by Gasteiger charge is 2.13. The van der Waals surface area contributed by atoms with Crippen LogP contribution in [0.25, 0.3) is 11.3 Å². The van der Waals surface area contributed by atoms with Crippen molar-refractivity contribution in [1.29, 1.82) is 5.26 Å². The first-order valence-corrected chi connectivity index (χ1v) is 8.37. The molecule has 0 saturated carbocycles. The number of hydrogen-bond acceptors (Lipinski definition) is 5. The minimum atomic E-state index is -0.534. The number of carbonyl (C=O) groups is 2. The Hall–Kier alpha value is -4.12.